The van der Waals surface area contributed by atoms with Gasteiger partial charge in [0.05, 0.1) is 27.7 Å². The van der Waals surface area contributed by atoms with Crippen molar-refractivity contribution >= 4 is 33.0 Å². The van der Waals surface area contributed by atoms with Gasteiger partial charge in [-0.3, -0.25) is 0 Å². The highest BCUT2D eigenvalue weighted by Gasteiger charge is 2.33. The summed E-state index contributed by atoms with van der Waals surface area (Å²) in [5, 5.41) is 11.0. The first kappa shape index (κ1) is 14.1. The third-order valence-electron chi connectivity index (χ3n) is 3.27. The molecule has 3 nitrogen and oxygen atoms in total. The van der Waals surface area contributed by atoms with Crippen molar-refractivity contribution in [1.29, 1.82) is 0 Å². The first-order chi connectivity index (χ1) is 8.39. The maximum atomic E-state index is 11.4. The maximum absolute atomic E-state index is 11.4. The van der Waals surface area contributed by atoms with Crippen LogP contribution in [0.3, 0.4) is 0 Å². The van der Waals surface area contributed by atoms with Crippen LogP contribution in [0.2, 0.25) is 10.0 Å². The smallest absolute Gasteiger partial charge is 0.150 e. The Balaban J connectivity index is 2.08. The van der Waals surface area contributed by atoms with Gasteiger partial charge in [0, 0.05) is 12.3 Å². The lowest BCUT2D eigenvalue weighted by Crippen LogP contribution is -2.24. The summed E-state index contributed by atoms with van der Waals surface area (Å²) in [7, 11) is -2.97. The van der Waals surface area contributed by atoms with Crippen molar-refractivity contribution in [3.63, 3.8) is 0 Å². The number of benzene rings is 1. The summed E-state index contributed by atoms with van der Waals surface area (Å²) in [5.41, 5.74) is 0.751. The van der Waals surface area contributed by atoms with Gasteiger partial charge < -0.3 is 5.11 Å². The highest BCUT2D eigenvalue weighted by Crippen LogP contribution is 2.29. The Bertz CT molecular complexity index is 542. The molecule has 2 atom stereocenters. The first-order valence-corrected chi connectivity index (χ1v) is 8.28. The third-order valence-corrected chi connectivity index (χ3v) is 5.92. The van der Waals surface area contributed by atoms with Gasteiger partial charge in [-0.1, -0.05) is 35.3 Å². The van der Waals surface area contributed by atoms with E-state index in [2.05, 4.69) is 0 Å². The molecule has 2 unspecified atom stereocenters. The molecule has 1 aromatic carbocycles. The van der Waals surface area contributed by atoms with Crippen molar-refractivity contribution in [3.8, 4) is 0 Å². The lowest BCUT2D eigenvalue weighted by Gasteiger charge is -2.17. The average molecular weight is 309 g/mol. The molecule has 0 saturated carbocycles. The number of sulfone groups is 1. The Morgan fingerprint density at radius 2 is 2.11 bits per heavy atom. The normalized spacial score (nSPS) is 24.1. The highest BCUT2D eigenvalue weighted by atomic mass is 35.5. The van der Waals surface area contributed by atoms with Crippen LogP contribution < -0.4 is 0 Å². The maximum Gasteiger partial charge on any atom is 0.150 e. The predicted octanol–water partition coefficient (Wildman–Crippen LogP) is 2.33. The predicted molar refractivity (Wildman–Crippen MR) is 72.9 cm³/mol. The zero-order chi connectivity index (χ0) is 13.3. The van der Waals surface area contributed by atoms with Crippen LogP contribution in [0.5, 0.6) is 0 Å². The molecule has 0 radical (unpaired) electrons. The molecular weight excluding hydrogens is 295 g/mol. The van der Waals surface area contributed by atoms with Gasteiger partial charge in [-0.2, -0.15) is 0 Å². The zero-order valence-corrected chi connectivity index (χ0v) is 12.0. The summed E-state index contributed by atoms with van der Waals surface area (Å²) < 4.78 is 22.7. The van der Waals surface area contributed by atoms with Crippen LogP contribution >= 0.6 is 23.2 Å². The molecule has 1 aromatic rings. The van der Waals surface area contributed by atoms with Crippen molar-refractivity contribution in [2.45, 2.75) is 18.9 Å². The summed E-state index contributed by atoms with van der Waals surface area (Å²) in [6.45, 7) is 0. The summed E-state index contributed by atoms with van der Waals surface area (Å²) in [5.74, 6) is 0.0229. The van der Waals surface area contributed by atoms with E-state index >= 15 is 0 Å². The Morgan fingerprint density at radius 3 is 2.72 bits per heavy atom. The number of hydrogen-bond acceptors (Lipinski definition) is 3. The van der Waals surface area contributed by atoms with Gasteiger partial charge in [0.2, 0.25) is 0 Å². The number of rotatable bonds is 3. The second-order valence-electron chi connectivity index (χ2n) is 4.65. The van der Waals surface area contributed by atoms with E-state index in [9.17, 15) is 13.5 Å². The minimum atomic E-state index is -2.97. The van der Waals surface area contributed by atoms with Crippen LogP contribution in [0.25, 0.3) is 0 Å². The van der Waals surface area contributed by atoms with Crippen LogP contribution in [-0.4, -0.2) is 31.1 Å². The zero-order valence-electron chi connectivity index (χ0n) is 9.64. The van der Waals surface area contributed by atoms with Gasteiger partial charge in [-0.15, -0.1) is 0 Å². The molecular formula is C12H14Cl2O3S. The van der Waals surface area contributed by atoms with Gasteiger partial charge in [-0.25, -0.2) is 8.42 Å². The van der Waals surface area contributed by atoms with E-state index in [1.165, 1.54) is 0 Å². The van der Waals surface area contributed by atoms with Gasteiger partial charge in [-0.05, 0) is 18.1 Å². The minimum Gasteiger partial charge on any atom is -0.392 e. The van der Waals surface area contributed by atoms with Crippen LogP contribution in [-0.2, 0) is 16.3 Å². The van der Waals surface area contributed by atoms with E-state index in [-0.39, 0.29) is 17.4 Å². The molecule has 1 heterocycles. The number of halogens is 2. The molecule has 1 fully saturated rings. The van der Waals surface area contributed by atoms with Crippen LogP contribution in [0.4, 0.5) is 0 Å². The van der Waals surface area contributed by atoms with Gasteiger partial charge in [0.25, 0.3) is 0 Å². The molecule has 0 aromatic heterocycles. The Morgan fingerprint density at radius 1 is 1.39 bits per heavy atom. The molecule has 2 rings (SSSR count). The highest BCUT2D eigenvalue weighted by molar-refractivity contribution is 7.91. The third kappa shape index (κ3) is 3.18. The molecule has 1 saturated heterocycles. The number of aliphatic hydroxyl groups is 1. The molecule has 1 aliphatic rings. The minimum absolute atomic E-state index is 0.0619. The fourth-order valence-electron chi connectivity index (χ4n) is 2.23. The van der Waals surface area contributed by atoms with E-state index in [0.29, 0.717) is 22.9 Å². The van der Waals surface area contributed by atoms with Crippen LogP contribution in [0, 0.1) is 5.92 Å². The Labute approximate surface area is 117 Å². The quantitative estimate of drug-likeness (QED) is 0.932. The monoisotopic (exact) mass is 308 g/mol. The van der Waals surface area contributed by atoms with Crippen molar-refractivity contribution in [3.05, 3.63) is 33.8 Å². The Hall–Kier alpha value is -0.290. The molecule has 6 heteroatoms. The summed E-state index contributed by atoms with van der Waals surface area (Å²) in [4.78, 5) is 0. The fourth-order valence-corrected chi connectivity index (χ4v) is 4.49. The summed E-state index contributed by atoms with van der Waals surface area (Å²) >= 11 is 11.9. The van der Waals surface area contributed by atoms with Crippen molar-refractivity contribution < 1.29 is 13.5 Å². The van der Waals surface area contributed by atoms with E-state index in [0.717, 1.165) is 5.56 Å². The lowest BCUT2D eigenvalue weighted by atomic mass is 9.96. The van der Waals surface area contributed by atoms with Crippen molar-refractivity contribution in [1.82, 2.24) is 0 Å². The van der Waals surface area contributed by atoms with Gasteiger partial charge in [0.1, 0.15) is 0 Å². The van der Waals surface area contributed by atoms with E-state index in [4.69, 9.17) is 23.2 Å². The first-order valence-electron chi connectivity index (χ1n) is 5.70. The van der Waals surface area contributed by atoms with Crippen LogP contribution in [0.1, 0.15) is 12.0 Å². The Kier molecular flexibility index (Phi) is 4.22. The average Bonchev–Trinajstić information content (AvgIpc) is 2.65. The molecule has 1 aliphatic heterocycles. The lowest BCUT2D eigenvalue weighted by molar-refractivity contribution is 0.120. The molecule has 0 bridgehead atoms. The van der Waals surface area contributed by atoms with Gasteiger partial charge in [0.15, 0.2) is 9.84 Å². The van der Waals surface area contributed by atoms with E-state index < -0.39 is 15.9 Å². The molecule has 1 N–H and O–H groups in total. The topological polar surface area (TPSA) is 54.4 Å². The SMILES string of the molecule is O=S1(=O)CCC(C(O)Cc2cccc(Cl)c2Cl)C1. The molecule has 100 valence electrons. The summed E-state index contributed by atoms with van der Waals surface area (Å²) in [6, 6.07) is 5.24. The number of hydrogen-bond donors (Lipinski definition) is 1. The molecule has 0 spiro atoms. The van der Waals surface area contributed by atoms with Crippen molar-refractivity contribution in [2.75, 3.05) is 11.5 Å². The van der Waals surface area contributed by atoms with Crippen LogP contribution in [0.15, 0.2) is 18.2 Å². The second kappa shape index (κ2) is 5.37. The largest absolute Gasteiger partial charge is 0.392 e. The standard InChI is InChI=1S/C12H14Cl2O3S/c13-10-3-1-2-8(12(10)14)6-11(15)9-4-5-18(16,17)7-9/h1-3,9,11,15H,4-7H2. The molecule has 0 amide bonds. The van der Waals surface area contributed by atoms with Crippen molar-refractivity contribution in [2.24, 2.45) is 5.92 Å². The molecule has 0 aliphatic carbocycles. The summed E-state index contributed by atoms with van der Waals surface area (Å²) in [6.07, 6.45) is 0.152. The fraction of sp³-hybridized carbons (Fsp3) is 0.500. The van der Waals surface area contributed by atoms with Gasteiger partial charge >= 0.3 is 0 Å². The number of aliphatic hydroxyl groups excluding tert-OH is 1. The molecule has 18 heavy (non-hydrogen) atoms. The van der Waals surface area contributed by atoms with E-state index in [1.54, 1.807) is 18.2 Å². The van der Waals surface area contributed by atoms with E-state index in [1.807, 2.05) is 0 Å². The second-order valence-corrected chi connectivity index (χ2v) is 7.66.